The summed E-state index contributed by atoms with van der Waals surface area (Å²) >= 11 is 5.89. The monoisotopic (exact) mass is 399 g/mol. The standard InChI is InChI=1S/C20H18ClN3O4/c1-27-19(25)17-5-3-4-10-24(18(17)20(26)28-2)16-8-6-14(7-9-16)12-23-13-15(21)11-22-23/h3-11,13H,12H2,1-2H3. The van der Waals surface area contributed by atoms with Crippen LogP contribution >= 0.6 is 11.6 Å². The van der Waals surface area contributed by atoms with Gasteiger partial charge in [-0.25, -0.2) is 9.59 Å². The van der Waals surface area contributed by atoms with Crippen LogP contribution in [-0.2, 0) is 25.6 Å². The fourth-order valence-corrected chi connectivity index (χ4v) is 2.90. The number of nitrogens with zero attached hydrogens (tertiary/aromatic N) is 3. The molecule has 0 saturated heterocycles. The number of halogens is 1. The predicted molar refractivity (Wildman–Crippen MR) is 105 cm³/mol. The lowest BCUT2D eigenvalue weighted by Gasteiger charge is -2.23. The fraction of sp³-hybridized carbons (Fsp3) is 0.150. The zero-order valence-corrected chi connectivity index (χ0v) is 16.1. The minimum atomic E-state index is -0.646. The number of carbonyl (C=O) groups is 2. The van der Waals surface area contributed by atoms with Crippen LogP contribution in [0.25, 0.3) is 0 Å². The molecule has 1 aliphatic heterocycles. The molecule has 0 fully saturated rings. The van der Waals surface area contributed by atoms with Crippen LogP contribution < -0.4 is 4.90 Å². The molecule has 0 saturated carbocycles. The Morgan fingerprint density at radius 2 is 1.79 bits per heavy atom. The lowest BCUT2D eigenvalue weighted by Crippen LogP contribution is -2.26. The molecule has 0 amide bonds. The summed E-state index contributed by atoms with van der Waals surface area (Å²) in [5.74, 6) is -1.27. The molecule has 0 spiro atoms. The minimum Gasteiger partial charge on any atom is -0.465 e. The molecule has 0 N–H and O–H groups in total. The van der Waals surface area contributed by atoms with Crippen molar-refractivity contribution in [2.45, 2.75) is 6.54 Å². The number of allylic oxidation sites excluding steroid dienone is 2. The summed E-state index contributed by atoms with van der Waals surface area (Å²) in [6, 6.07) is 7.50. The smallest absolute Gasteiger partial charge is 0.355 e. The highest BCUT2D eigenvalue weighted by Gasteiger charge is 2.27. The van der Waals surface area contributed by atoms with Gasteiger partial charge in [0, 0.05) is 18.1 Å². The second kappa shape index (κ2) is 8.58. The summed E-state index contributed by atoms with van der Waals surface area (Å²) < 4.78 is 11.4. The largest absolute Gasteiger partial charge is 0.465 e. The molecule has 0 bridgehead atoms. The number of hydrogen-bond donors (Lipinski definition) is 0. The Bertz CT molecular complexity index is 974. The Morgan fingerprint density at radius 1 is 1.07 bits per heavy atom. The summed E-state index contributed by atoms with van der Waals surface area (Å²) in [6.45, 7) is 0.553. The molecule has 0 radical (unpaired) electrons. The van der Waals surface area contributed by atoms with Crippen LogP contribution in [0.3, 0.4) is 0 Å². The third-order valence-electron chi connectivity index (χ3n) is 4.05. The first-order valence-electron chi connectivity index (χ1n) is 8.35. The topological polar surface area (TPSA) is 73.7 Å². The van der Waals surface area contributed by atoms with Gasteiger partial charge in [0.15, 0.2) is 0 Å². The van der Waals surface area contributed by atoms with E-state index in [1.165, 1.54) is 20.3 Å². The van der Waals surface area contributed by atoms with Crippen LogP contribution in [0, 0.1) is 0 Å². The number of hydrogen-bond acceptors (Lipinski definition) is 6. The molecule has 0 atom stereocenters. The molecule has 2 heterocycles. The van der Waals surface area contributed by atoms with Crippen LogP contribution in [-0.4, -0.2) is 35.9 Å². The van der Waals surface area contributed by atoms with Crippen LogP contribution in [0.1, 0.15) is 5.56 Å². The number of rotatable bonds is 5. The molecular weight excluding hydrogens is 382 g/mol. The molecule has 1 aliphatic rings. The highest BCUT2D eigenvalue weighted by molar-refractivity contribution is 6.30. The Balaban J connectivity index is 1.95. The van der Waals surface area contributed by atoms with Gasteiger partial charge in [-0.2, -0.15) is 5.10 Å². The van der Waals surface area contributed by atoms with Gasteiger partial charge in [-0.05, 0) is 29.8 Å². The van der Waals surface area contributed by atoms with Crippen molar-refractivity contribution in [3.63, 3.8) is 0 Å². The van der Waals surface area contributed by atoms with E-state index in [0.29, 0.717) is 17.3 Å². The van der Waals surface area contributed by atoms with E-state index in [0.717, 1.165) is 5.56 Å². The Labute approximate surface area is 167 Å². The lowest BCUT2D eigenvalue weighted by molar-refractivity contribution is -0.139. The van der Waals surface area contributed by atoms with E-state index in [2.05, 4.69) is 5.10 Å². The number of esters is 2. The van der Waals surface area contributed by atoms with E-state index < -0.39 is 11.9 Å². The van der Waals surface area contributed by atoms with Crippen molar-refractivity contribution in [3.8, 4) is 0 Å². The van der Waals surface area contributed by atoms with Crippen molar-refractivity contribution in [2.24, 2.45) is 0 Å². The summed E-state index contributed by atoms with van der Waals surface area (Å²) in [4.78, 5) is 26.2. The molecule has 0 aliphatic carbocycles. The van der Waals surface area contributed by atoms with Gasteiger partial charge in [-0.3, -0.25) is 4.68 Å². The van der Waals surface area contributed by atoms with Gasteiger partial charge in [0.25, 0.3) is 0 Å². The highest BCUT2D eigenvalue weighted by Crippen LogP contribution is 2.26. The number of aromatic nitrogens is 2. The van der Waals surface area contributed by atoms with Crippen molar-refractivity contribution in [2.75, 3.05) is 19.1 Å². The van der Waals surface area contributed by atoms with Gasteiger partial charge < -0.3 is 14.4 Å². The lowest BCUT2D eigenvalue weighted by atomic mass is 10.1. The molecule has 7 nitrogen and oxygen atoms in total. The van der Waals surface area contributed by atoms with Crippen LogP contribution in [0.2, 0.25) is 5.02 Å². The molecule has 3 rings (SSSR count). The quantitative estimate of drug-likeness (QED) is 0.719. The summed E-state index contributed by atoms with van der Waals surface area (Å²) in [5, 5.41) is 4.73. The number of anilines is 1. The van der Waals surface area contributed by atoms with E-state index in [1.54, 1.807) is 40.3 Å². The summed E-state index contributed by atoms with van der Waals surface area (Å²) in [6.07, 6.45) is 9.89. The minimum absolute atomic E-state index is 0.0750. The normalized spacial score (nSPS) is 13.5. The van der Waals surface area contributed by atoms with E-state index in [4.69, 9.17) is 21.1 Å². The van der Waals surface area contributed by atoms with Gasteiger partial charge in [0.2, 0.25) is 0 Å². The maximum atomic E-state index is 12.4. The molecular formula is C20H18ClN3O4. The van der Waals surface area contributed by atoms with Crippen molar-refractivity contribution >= 4 is 29.2 Å². The van der Waals surface area contributed by atoms with E-state index in [1.807, 2.05) is 24.3 Å². The Morgan fingerprint density at radius 3 is 2.39 bits per heavy atom. The number of ether oxygens (including phenoxy) is 2. The third kappa shape index (κ3) is 4.15. The second-order valence-corrected chi connectivity index (χ2v) is 6.28. The predicted octanol–water partition coefficient (Wildman–Crippen LogP) is 3.07. The zero-order chi connectivity index (χ0) is 20.1. The number of carbonyl (C=O) groups excluding carboxylic acids is 2. The molecule has 144 valence electrons. The first kappa shape index (κ1) is 19.4. The second-order valence-electron chi connectivity index (χ2n) is 5.84. The van der Waals surface area contributed by atoms with E-state index >= 15 is 0 Å². The highest BCUT2D eigenvalue weighted by atomic mass is 35.5. The SMILES string of the molecule is COC(=O)C1=C(C(=O)OC)N(c2ccc(Cn3cc(Cl)cn3)cc2)C=CC=C1. The van der Waals surface area contributed by atoms with Crippen LogP contribution in [0.15, 0.2) is 72.4 Å². The van der Waals surface area contributed by atoms with Gasteiger partial charge in [0.1, 0.15) is 5.70 Å². The Hall–Kier alpha value is -3.32. The van der Waals surface area contributed by atoms with E-state index in [-0.39, 0.29) is 11.3 Å². The maximum absolute atomic E-state index is 12.4. The molecule has 1 aromatic carbocycles. The van der Waals surface area contributed by atoms with Gasteiger partial charge >= 0.3 is 11.9 Å². The maximum Gasteiger partial charge on any atom is 0.355 e. The van der Waals surface area contributed by atoms with Crippen LogP contribution in [0.5, 0.6) is 0 Å². The average Bonchev–Trinajstić information content (AvgIpc) is 2.99. The van der Waals surface area contributed by atoms with Crippen LogP contribution in [0.4, 0.5) is 5.69 Å². The molecule has 8 heteroatoms. The number of benzene rings is 1. The third-order valence-corrected chi connectivity index (χ3v) is 4.25. The fourth-order valence-electron chi connectivity index (χ4n) is 2.74. The number of methoxy groups -OCH3 is 2. The van der Waals surface area contributed by atoms with Gasteiger partial charge in [-0.1, -0.05) is 29.8 Å². The molecule has 1 aromatic heterocycles. The summed E-state index contributed by atoms with van der Waals surface area (Å²) in [7, 11) is 2.52. The van der Waals surface area contributed by atoms with Crippen molar-refractivity contribution in [3.05, 3.63) is 82.9 Å². The van der Waals surface area contributed by atoms with Crippen molar-refractivity contribution in [1.29, 1.82) is 0 Å². The summed E-state index contributed by atoms with van der Waals surface area (Å²) in [5.41, 5.74) is 1.86. The van der Waals surface area contributed by atoms with Gasteiger partial charge in [0.05, 0.1) is 37.6 Å². The molecule has 2 aromatic rings. The average molecular weight is 400 g/mol. The molecule has 28 heavy (non-hydrogen) atoms. The van der Waals surface area contributed by atoms with E-state index in [9.17, 15) is 9.59 Å². The van der Waals surface area contributed by atoms with Crippen molar-refractivity contribution in [1.82, 2.24) is 9.78 Å². The van der Waals surface area contributed by atoms with Gasteiger partial charge in [-0.15, -0.1) is 0 Å². The molecule has 0 unspecified atom stereocenters. The zero-order valence-electron chi connectivity index (χ0n) is 15.3. The van der Waals surface area contributed by atoms with Crippen molar-refractivity contribution < 1.29 is 19.1 Å². The first-order chi connectivity index (χ1) is 13.5. The first-order valence-corrected chi connectivity index (χ1v) is 8.73. The Kier molecular flexibility index (Phi) is 5.96.